The second-order valence-corrected chi connectivity index (χ2v) is 2.52. The third kappa shape index (κ3) is 2.32. The first-order valence-corrected chi connectivity index (χ1v) is 3.51. The lowest BCUT2D eigenvalue weighted by molar-refractivity contribution is 0.0782. The first-order valence-electron chi connectivity index (χ1n) is 3.51. The predicted octanol–water partition coefficient (Wildman–Crippen LogP) is -0.455. The lowest BCUT2D eigenvalue weighted by atomic mass is 10.4. The maximum atomic E-state index is 9.01. The molecule has 0 saturated heterocycles. The van der Waals surface area contributed by atoms with Crippen molar-refractivity contribution in [3.8, 4) is 0 Å². The van der Waals surface area contributed by atoms with E-state index in [1.807, 2.05) is 13.0 Å². The summed E-state index contributed by atoms with van der Waals surface area (Å²) < 4.78 is 1.61. The molecule has 0 bridgehead atoms. The minimum absolute atomic E-state index is 0.223. The molecule has 0 amide bonds. The molecule has 1 aromatic rings. The Bertz CT molecular complexity index is 222. The molecule has 62 valence electrons. The first-order chi connectivity index (χ1) is 5.22. The monoisotopic (exact) mass is 156 g/mol. The summed E-state index contributed by atoms with van der Waals surface area (Å²) in [6.07, 6.45) is 1.06. The summed E-state index contributed by atoms with van der Waals surface area (Å²) >= 11 is 0. The molecule has 0 aliphatic carbocycles. The molecule has 2 N–H and O–H groups in total. The molecule has 1 rings (SSSR count). The van der Waals surface area contributed by atoms with Gasteiger partial charge in [0.15, 0.2) is 0 Å². The summed E-state index contributed by atoms with van der Waals surface area (Å²) in [6, 6.07) is 1.85. The smallest absolute Gasteiger partial charge is 0.0966 e. The Morgan fingerprint density at radius 1 is 1.73 bits per heavy atom. The minimum atomic E-state index is -0.714. The molecule has 0 spiro atoms. The van der Waals surface area contributed by atoms with Gasteiger partial charge in [0.25, 0.3) is 0 Å². The van der Waals surface area contributed by atoms with Crippen LogP contribution in [0.4, 0.5) is 0 Å². The third-order valence-electron chi connectivity index (χ3n) is 1.38. The van der Waals surface area contributed by atoms with E-state index in [9.17, 15) is 0 Å². The Labute approximate surface area is 65.1 Å². The highest BCUT2D eigenvalue weighted by atomic mass is 16.3. The van der Waals surface area contributed by atoms with Crippen LogP contribution in [0.2, 0.25) is 0 Å². The maximum Gasteiger partial charge on any atom is 0.0966 e. The molecule has 4 nitrogen and oxygen atoms in total. The molecule has 0 aliphatic rings. The Morgan fingerprint density at radius 3 is 2.91 bits per heavy atom. The molecule has 11 heavy (non-hydrogen) atoms. The van der Waals surface area contributed by atoms with Crippen LogP contribution in [0, 0.1) is 6.92 Å². The molecule has 1 heterocycles. The number of hydrogen-bond donors (Lipinski definition) is 2. The topological polar surface area (TPSA) is 58.3 Å². The van der Waals surface area contributed by atoms with Crippen molar-refractivity contribution in [2.45, 2.75) is 19.6 Å². The van der Waals surface area contributed by atoms with Crippen molar-refractivity contribution in [3.63, 3.8) is 0 Å². The van der Waals surface area contributed by atoms with Crippen LogP contribution in [0.3, 0.4) is 0 Å². The van der Waals surface area contributed by atoms with E-state index in [-0.39, 0.29) is 6.61 Å². The van der Waals surface area contributed by atoms with E-state index in [1.54, 1.807) is 10.9 Å². The van der Waals surface area contributed by atoms with Gasteiger partial charge in [0.2, 0.25) is 0 Å². The summed E-state index contributed by atoms with van der Waals surface area (Å²) in [6.45, 7) is 2.01. The normalized spacial score (nSPS) is 13.4. The van der Waals surface area contributed by atoms with Gasteiger partial charge in [-0.2, -0.15) is 5.10 Å². The molecule has 4 heteroatoms. The van der Waals surface area contributed by atoms with Crippen LogP contribution in [0.5, 0.6) is 0 Å². The van der Waals surface area contributed by atoms with Gasteiger partial charge in [-0.1, -0.05) is 0 Å². The number of aliphatic hydroxyl groups is 2. The Hall–Kier alpha value is -0.870. The van der Waals surface area contributed by atoms with Gasteiger partial charge in [-0.3, -0.25) is 4.68 Å². The van der Waals surface area contributed by atoms with Crippen LogP contribution in [0.1, 0.15) is 5.69 Å². The fourth-order valence-corrected chi connectivity index (χ4v) is 0.839. The fourth-order valence-electron chi connectivity index (χ4n) is 0.839. The third-order valence-corrected chi connectivity index (χ3v) is 1.38. The Balaban J connectivity index is 2.50. The van der Waals surface area contributed by atoms with E-state index in [0.29, 0.717) is 6.54 Å². The highest BCUT2D eigenvalue weighted by Gasteiger charge is 2.02. The van der Waals surface area contributed by atoms with Crippen LogP contribution >= 0.6 is 0 Å². The molecule has 0 aliphatic heterocycles. The lowest BCUT2D eigenvalue weighted by Gasteiger charge is -2.05. The standard InChI is InChI=1S/C7H12N2O2/c1-6-2-3-9(8-6)4-7(11)5-10/h2-3,7,10-11H,4-5H2,1H3/t7-/m1/s1. The SMILES string of the molecule is Cc1ccn(C[C@@H](O)CO)n1. The van der Waals surface area contributed by atoms with E-state index in [2.05, 4.69) is 5.10 Å². The molecule has 1 atom stereocenters. The summed E-state index contributed by atoms with van der Waals surface area (Å²) in [7, 11) is 0. The molecule has 1 aromatic heterocycles. The van der Waals surface area contributed by atoms with Crippen molar-refractivity contribution in [2.75, 3.05) is 6.61 Å². The molecule has 0 saturated carbocycles. The molecule has 0 unspecified atom stereocenters. The van der Waals surface area contributed by atoms with Crippen molar-refractivity contribution in [3.05, 3.63) is 18.0 Å². The maximum absolute atomic E-state index is 9.01. The Morgan fingerprint density at radius 2 is 2.45 bits per heavy atom. The molecular formula is C7H12N2O2. The van der Waals surface area contributed by atoms with Crippen molar-refractivity contribution in [1.82, 2.24) is 9.78 Å². The zero-order valence-electron chi connectivity index (χ0n) is 6.44. The van der Waals surface area contributed by atoms with Crippen LogP contribution in [-0.2, 0) is 6.54 Å². The average molecular weight is 156 g/mol. The van der Waals surface area contributed by atoms with Gasteiger partial charge in [0.05, 0.1) is 24.9 Å². The van der Waals surface area contributed by atoms with Gasteiger partial charge in [-0.15, -0.1) is 0 Å². The summed E-state index contributed by atoms with van der Waals surface area (Å²) in [5.41, 5.74) is 0.912. The highest BCUT2D eigenvalue weighted by molar-refractivity contribution is 4.94. The van der Waals surface area contributed by atoms with Crippen molar-refractivity contribution < 1.29 is 10.2 Å². The van der Waals surface area contributed by atoms with Gasteiger partial charge in [-0.05, 0) is 13.0 Å². The van der Waals surface area contributed by atoms with Gasteiger partial charge >= 0.3 is 0 Å². The summed E-state index contributed by atoms with van der Waals surface area (Å²) in [5, 5.41) is 21.6. The van der Waals surface area contributed by atoms with Gasteiger partial charge in [0, 0.05) is 6.20 Å². The Kier molecular flexibility index (Phi) is 2.62. The van der Waals surface area contributed by atoms with Crippen molar-refractivity contribution in [1.29, 1.82) is 0 Å². The molecule has 0 aromatic carbocycles. The second kappa shape index (κ2) is 3.50. The van der Waals surface area contributed by atoms with E-state index >= 15 is 0 Å². The lowest BCUT2D eigenvalue weighted by Crippen LogP contribution is -2.20. The summed E-state index contributed by atoms with van der Waals surface area (Å²) in [5.74, 6) is 0. The second-order valence-electron chi connectivity index (χ2n) is 2.52. The fraction of sp³-hybridized carbons (Fsp3) is 0.571. The van der Waals surface area contributed by atoms with Crippen LogP contribution < -0.4 is 0 Å². The zero-order valence-corrected chi connectivity index (χ0v) is 6.44. The zero-order chi connectivity index (χ0) is 8.27. The van der Waals surface area contributed by atoms with Gasteiger partial charge in [-0.25, -0.2) is 0 Å². The van der Waals surface area contributed by atoms with Gasteiger partial charge in [0.1, 0.15) is 0 Å². The number of rotatable bonds is 3. The largest absolute Gasteiger partial charge is 0.394 e. The van der Waals surface area contributed by atoms with Gasteiger partial charge < -0.3 is 10.2 Å². The van der Waals surface area contributed by atoms with Crippen molar-refractivity contribution in [2.24, 2.45) is 0 Å². The molecule has 0 fully saturated rings. The average Bonchev–Trinajstić information content (AvgIpc) is 2.35. The minimum Gasteiger partial charge on any atom is -0.394 e. The number of aliphatic hydroxyl groups excluding tert-OH is 2. The first kappa shape index (κ1) is 8.23. The van der Waals surface area contributed by atoms with E-state index in [4.69, 9.17) is 10.2 Å². The number of nitrogens with zero attached hydrogens (tertiary/aromatic N) is 2. The van der Waals surface area contributed by atoms with Crippen LogP contribution in [-0.4, -0.2) is 32.7 Å². The van der Waals surface area contributed by atoms with E-state index in [1.165, 1.54) is 0 Å². The number of hydrogen-bond acceptors (Lipinski definition) is 3. The quantitative estimate of drug-likeness (QED) is 0.623. The number of aromatic nitrogens is 2. The number of aryl methyl sites for hydroxylation is 1. The van der Waals surface area contributed by atoms with Crippen LogP contribution in [0.25, 0.3) is 0 Å². The van der Waals surface area contributed by atoms with E-state index in [0.717, 1.165) is 5.69 Å². The molecular weight excluding hydrogens is 144 g/mol. The summed E-state index contributed by atoms with van der Waals surface area (Å²) in [4.78, 5) is 0. The highest BCUT2D eigenvalue weighted by Crippen LogP contribution is 1.94. The predicted molar refractivity (Wildman–Crippen MR) is 40.1 cm³/mol. The van der Waals surface area contributed by atoms with Crippen molar-refractivity contribution >= 4 is 0 Å². The molecule has 0 radical (unpaired) electrons. The van der Waals surface area contributed by atoms with Crippen LogP contribution in [0.15, 0.2) is 12.3 Å². The van der Waals surface area contributed by atoms with E-state index < -0.39 is 6.10 Å².